The van der Waals surface area contributed by atoms with Gasteiger partial charge in [0.15, 0.2) is 0 Å². The van der Waals surface area contributed by atoms with E-state index in [-0.39, 0.29) is 5.69 Å². The second-order valence-corrected chi connectivity index (χ2v) is 6.82. The molecule has 1 heterocycles. The maximum Gasteiger partial charge on any atom is 0.341 e. The maximum atomic E-state index is 12.3. The van der Waals surface area contributed by atoms with Crippen LogP contribution in [0, 0.1) is 0 Å². The van der Waals surface area contributed by atoms with Crippen LogP contribution in [0.4, 0.5) is 14.5 Å². The van der Waals surface area contributed by atoms with Gasteiger partial charge in [0.25, 0.3) is 0 Å². The zero-order valence-corrected chi connectivity index (χ0v) is 10.2. The van der Waals surface area contributed by atoms with E-state index in [2.05, 4.69) is 4.99 Å². The van der Waals surface area contributed by atoms with Gasteiger partial charge in [0.2, 0.25) is 9.84 Å². The van der Waals surface area contributed by atoms with Crippen LogP contribution in [0.25, 0.3) is 0 Å². The summed E-state index contributed by atoms with van der Waals surface area (Å²) in [5.41, 5.74) is 0.169. The lowest BCUT2D eigenvalue weighted by atomic mass is 10.3. The van der Waals surface area contributed by atoms with E-state index < -0.39 is 31.3 Å². The van der Waals surface area contributed by atoms with Crippen molar-refractivity contribution in [1.29, 1.82) is 0 Å². The van der Waals surface area contributed by atoms with Crippen LogP contribution >= 0.6 is 0 Å². The Morgan fingerprint density at radius 3 is 2.59 bits per heavy atom. The van der Waals surface area contributed by atoms with Crippen molar-refractivity contribution in [1.82, 2.24) is 0 Å². The molecular weight excluding hydrogens is 272 g/mol. The van der Waals surface area contributed by atoms with Gasteiger partial charge in [-0.2, -0.15) is 8.78 Å². The number of hydrogen-bond donors (Lipinski definition) is 0. The molecule has 1 aromatic rings. The van der Waals surface area contributed by atoms with Crippen LogP contribution in [0.5, 0.6) is 0 Å². The molecule has 0 radical (unpaired) electrons. The van der Waals surface area contributed by atoms with E-state index >= 15 is 0 Å². The van der Waals surface area contributed by atoms with Crippen LogP contribution in [0.15, 0.2) is 33.0 Å². The number of alkyl halides is 2. The predicted molar refractivity (Wildman–Crippen MR) is 58.8 cm³/mol. The van der Waals surface area contributed by atoms with Crippen LogP contribution in [-0.2, 0) is 20.6 Å². The van der Waals surface area contributed by atoms with Crippen LogP contribution in [-0.4, -0.2) is 23.4 Å². The topological polar surface area (TPSA) is 63.6 Å². The third-order valence-corrected chi connectivity index (χ3v) is 4.99. The molecule has 8 heteroatoms. The number of sulfone groups is 1. The Bertz CT molecular complexity index is 638. The molecular formula is C9H7F2NO3S2. The highest BCUT2D eigenvalue weighted by molar-refractivity contribution is 8.01. The number of aliphatic imine (C=N–C) groups is 1. The molecule has 0 fully saturated rings. The zero-order chi connectivity index (χ0) is 12.8. The van der Waals surface area contributed by atoms with Gasteiger partial charge in [0.05, 0.1) is 15.5 Å². The summed E-state index contributed by atoms with van der Waals surface area (Å²) in [6.45, 7) is 1.53. The summed E-state index contributed by atoms with van der Waals surface area (Å²) in [6, 6.07) is 3.29. The van der Waals surface area contributed by atoms with Crippen LogP contribution in [0.3, 0.4) is 0 Å². The zero-order valence-electron chi connectivity index (χ0n) is 8.55. The van der Waals surface area contributed by atoms with Gasteiger partial charge in [-0.25, -0.2) is 17.6 Å². The number of rotatable bonds is 2. The Hall–Kier alpha value is -1.15. The minimum absolute atomic E-state index is 0.169. The van der Waals surface area contributed by atoms with E-state index in [9.17, 15) is 21.4 Å². The fourth-order valence-corrected chi connectivity index (χ4v) is 3.12. The fourth-order valence-electron chi connectivity index (χ4n) is 1.39. The normalized spacial score (nSPS) is 19.3. The molecule has 0 N–H and O–H groups in total. The minimum atomic E-state index is -4.63. The number of benzene rings is 1. The van der Waals surface area contributed by atoms with Gasteiger partial charge in [-0.15, -0.1) is 0 Å². The van der Waals surface area contributed by atoms with Gasteiger partial charge in [-0.1, -0.05) is 0 Å². The van der Waals surface area contributed by atoms with Gasteiger partial charge in [-0.3, -0.25) is 0 Å². The average Bonchev–Trinajstić information content (AvgIpc) is 2.54. The Morgan fingerprint density at radius 2 is 2.00 bits per heavy atom. The molecule has 0 amide bonds. The van der Waals surface area contributed by atoms with Gasteiger partial charge in [0.1, 0.15) is 15.8 Å². The third-order valence-electron chi connectivity index (χ3n) is 2.24. The average molecular weight is 279 g/mol. The highest BCUT2D eigenvalue weighted by atomic mass is 32.2. The summed E-state index contributed by atoms with van der Waals surface area (Å²) >= 11 is 0. The van der Waals surface area contributed by atoms with Crippen molar-refractivity contribution < 1.29 is 21.4 Å². The monoisotopic (exact) mass is 279 g/mol. The van der Waals surface area contributed by atoms with Crippen molar-refractivity contribution in [2.24, 2.45) is 4.99 Å². The van der Waals surface area contributed by atoms with Crippen molar-refractivity contribution in [3.05, 3.63) is 18.2 Å². The standard InChI is InChI=1S/C9H7F2NO3S2/c1-5-12-7-4-6(17(14,15)9(10)11)2-3-8(7)16(5)13/h2-4,9H,1H3. The lowest BCUT2D eigenvalue weighted by Crippen LogP contribution is -2.11. The number of nitrogens with zero attached hydrogens (tertiary/aromatic N) is 1. The van der Waals surface area contributed by atoms with E-state index in [4.69, 9.17) is 0 Å². The Morgan fingerprint density at radius 1 is 1.35 bits per heavy atom. The van der Waals surface area contributed by atoms with Gasteiger partial charge in [0, 0.05) is 0 Å². The SMILES string of the molecule is CC1=Nc2cc(S(=O)(=O)C(F)F)ccc2S1=O. The summed E-state index contributed by atoms with van der Waals surface area (Å²) in [7, 11) is -6.06. The first-order valence-electron chi connectivity index (χ1n) is 4.47. The number of hydrogen-bond acceptors (Lipinski definition) is 4. The molecule has 1 aromatic carbocycles. The Kier molecular flexibility index (Phi) is 2.86. The molecule has 0 saturated heterocycles. The summed E-state index contributed by atoms with van der Waals surface area (Å²) < 4.78 is 58.7. The van der Waals surface area contributed by atoms with Crippen molar-refractivity contribution >= 4 is 31.4 Å². The van der Waals surface area contributed by atoms with Crippen LogP contribution < -0.4 is 0 Å². The second kappa shape index (κ2) is 3.95. The van der Waals surface area contributed by atoms with Crippen LogP contribution in [0.2, 0.25) is 0 Å². The summed E-state index contributed by atoms with van der Waals surface area (Å²) in [5, 5.41) is 0.326. The first kappa shape index (κ1) is 12.3. The Labute approximate surface area is 98.7 Å². The molecule has 2 rings (SSSR count). The predicted octanol–water partition coefficient (Wildman–Crippen LogP) is 1.85. The van der Waals surface area contributed by atoms with Gasteiger partial charge < -0.3 is 0 Å². The maximum absolute atomic E-state index is 12.3. The van der Waals surface area contributed by atoms with Crippen LogP contribution in [0.1, 0.15) is 6.92 Å². The minimum Gasteiger partial charge on any atom is -0.248 e. The van der Waals surface area contributed by atoms with Crippen molar-refractivity contribution in [2.45, 2.75) is 22.5 Å². The fraction of sp³-hybridized carbons (Fsp3) is 0.222. The molecule has 1 unspecified atom stereocenters. The molecule has 1 aliphatic heterocycles. The van der Waals surface area contributed by atoms with E-state index in [1.807, 2.05) is 0 Å². The number of fused-ring (bicyclic) bond motifs is 1. The first-order valence-corrected chi connectivity index (χ1v) is 7.17. The molecule has 4 nitrogen and oxygen atoms in total. The highest BCUT2D eigenvalue weighted by Crippen LogP contribution is 2.33. The molecule has 0 spiro atoms. The van der Waals surface area contributed by atoms with Crippen molar-refractivity contribution in [3.63, 3.8) is 0 Å². The lowest BCUT2D eigenvalue weighted by Gasteiger charge is -2.03. The highest BCUT2D eigenvalue weighted by Gasteiger charge is 2.29. The third kappa shape index (κ3) is 1.91. The van der Waals surface area contributed by atoms with E-state index in [1.54, 1.807) is 0 Å². The lowest BCUT2D eigenvalue weighted by molar-refractivity contribution is 0.234. The molecule has 1 atom stereocenters. The molecule has 0 bridgehead atoms. The summed E-state index contributed by atoms with van der Waals surface area (Å²) in [6.07, 6.45) is 0. The second-order valence-electron chi connectivity index (χ2n) is 3.33. The molecule has 0 saturated carbocycles. The van der Waals surface area contributed by atoms with Crippen molar-refractivity contribution in [3.8, 4) is 0 Å². The quantitative estimate of drug-likeness (QED) is 0.830. The van der Waals surface area contributed by atoms with Gasteiger partial charge >= 0.3 is 5.76 Å². The smallest absolute Gasteiger partial charge is 0.248 e. The Balaban J connectivity index is 2.58. The van der Waals surface area contributed by atoms with Crippen molar-refractivity contribution in [2.75, 3.05) is 0 Å². The van der Waals surface area contributed by atoms with Gasteiger partial charge in [-0.05, 0) is 25.1 Å². The first-order chi connectivity index (χ1) is 7.84. The van der Waals surface area contributed by atoms with E-state index in [1.165, 1.54) is 13.0 Å². The molecule has 1 aliphatic rings. The molecule has 0 aliphatic carbocycles. The van der Waals surface area contributed by atoms with E-state index in [0.717, 1.165) is 12.1 Å². The molecule has 0 aromatic heterocycles. The summed E-state index contributed by atoms with van der Waals surface area (Å²) in [5.74, 6) is -3.47. The number of halogens is 2. The largest absolute Gasteiger partial charge is 0.341 e. The molecule has 92 valence electrons. The molecule has 17 heavy (non-hydrogen) atoms. The van der Waals surface area contributed by atoms with E-state index in [0.29, 0.717) is 9.94 Å². The summed E-state index contributed by atoms with van der Waals surface area (Å²) in [4.78, 5) is 3.70.